The lowest BCUT2D eigenvalue weighted by Gasteiger charge is -2.25. The van der Waals surface area contributed by atoms with E-state index in [4.69, 9.17) is 14.2 Å². The molecule has 0 bridgehead atoms. The van der Waals surface area contributed by atoms with Gasteiger partial charge in [0.15, 0.2) is 0 Å². The van der Waals surface area contributed by atoms with Gasteiger partial charge in [-0.15, -0.1) is 0 Å². The molecular weight excluding hydrogens is 250 g/mol. The van der Waals surface area contributed by atoms with Gasteiger partial charge in [0.2, 0.25) is 0 Å². The molecule has 0 aromatic carbocycles. The average molecular weight is 271 g/mol. The van der Waals surface area contributed by atoms with Crippen molar-refractivity contribution in [2.24, 2.45) is 11.8 Å². The van der Waals surface area contributed by atoms with Crippen LogP contribution in [0.25, 0.3) is 0 Å². The van der Waals surface area contributed by atoms with Crippen LogP contribution >= 0.6 is 0 Å². The third-order valence-electron chi connectivity index (χ3n) is 3.47. The Bertz CT molecular complexity index is 376. The molecule has 0 radical (unpaired) electrons. The molecule has 2 aliphatic rings. The number of rotatable bonds is 1. The highest BCUT2D eigenvalue weighted by atomic mass is 16.6. The summed E-state index contributed by atoms with van der Waals surface area (Å²) in [4.78, 5) is 25.2. The van der Waals surface area contributed by atoms with Crippen LogP contribution < -0.4 is 0 Å². The van der Waals surface area contributed by atoms with Crippen LogP contribution in [-0.2, 0) is 19.0 Å². The van der Waals surface area contributed by atoms with E-state index in [9.17, 15) is 9.59 Å². The summed E-state index contributed by atoms with van der Waals surface area (Å²) in [5.74, 6) is -0.527. The number of carbonyl (C=O) groups excluding carboxylic acids is 2. The third kappa shape index (κ3) is 3.00. The Balaban J connectivity index is 1.97. The lowest BCUT2D eigenvalue weighted by atomic mass is 9.93. The Labute approximate surface area is 113 Å². The van der Waals surface area contributed by atoms with E-state index in [1.165, 1.54) is 7.11 Å². The van der Waals surface area contributed by atoms with E-state index in [0.717, 1.165) is 0 Å². The van der Waals surface area contributed by atoms with E-state index in [1.54, 1.807) is 4.90 Å². The Morgan fingerprint density at radius 1 is 1.26 bits per heavy atom. The molecule has 3 atom stereocenters. The van der Waals surface area contributed by atoms with Gasteiger partial charge < -0.3 is 19.1 Å². The van der Waals surface area contributed by atoms with E-state index in [0.29, 0.717) is 19.7 Å². The fraction of sp³-hybridized carbons (Fsp3) is 0.846. The van der Waals surface area contributed by atoms with E-state index in [2.05, 4.69) is 0 Å². The van der Waals surface area contributed by atoms with Crippen molar-refractivity contribution in [1.82, 2.24) is 4.90 Å². The molecule has 1 amide bonds. The summed E-state index contributed by atoms with van der Waals surface area (Å²) in [6.07, 6.45) is -0.439. The molecular formula is C13H21NO5. The Hall–Kier alpha value is -1.30. The second-order valence-corrected chi connectivity index (χ2v) is 6.05. The minimum absolute atomic E-state index is 0.0139. The van der Waals surface area contributed by atoms with Crippen LogP contribution in [0.2, 0.25) is 0 Å². The largest absolute Gasteiger partial charge is 0.469 e. The van der Waals surface area contributed by atoms with Crippen LogP contribution in [0.4, 0.5) is 4.79 Å². The van der Waals surface area contributed by atoms with Gasteiger partial charge in [0, 0.05) is 12.5 Å². The molecule has 108 valence electrons. The van der Waals surface area contributed by atoms with Gasteiger partial charge >= 0.3 is 12.1 Å². The van der Waals surface area contributed by atoms with Crippen LogP contribution in [-0.4, -0.2) is 55.5 Å². The first-order chi connectivity index (χ1) is 8.81. The van der Waals surface area contributed by atoms with Crippen LogP contribution in [0.1, 0.15) is 20.8 Å². The maximum absolute atomic E-state index is 12.0. The highest BCUT2D eigenvalue weighted by molar-refractivity contribution is 5.74. The maximum Gasteiger partial charge on any atom is 0.410 e. The second-order valence-electron chi connectivity index (χ2n) is 6.05. The fourth-order valence-corrected chi connectivity index (χ4v) is 2.58. The topological polar surface area (TPSA) is 65.1 Å². The van der Waals surface area contributed by atoms with Crippen molar-refractivity contribution in [2.45, 2.75) is 32.5 Å². The van der Waals surface area contributed by atoms with E-state index >= 15 is 0 Å². The van der Waals surface area contributed by atoms with Crippen molar-refractivity contribution < 1.29 is 23.8 Å². The predicted octanol–water partition coefficient (Wildman–Crippen LogP) is 1.04. The summed E-state index contributed by atoms with van der Waals surface area (Å²) in [5, 5.41) is 0. The minimum Gasteiger partial charge on any atom is -0.469 e. The maximum atomic E-state index is 12.0. The smallest absolute Gasteiger partial charge is 0.410 e. The predicted molar refractivity (Wildman–Crippen MR) is 66.5 cm³/mol. The highest BCUT2D eigenvalue weighted by Gasteiger charge is 2.49. The highest BCUT2D eigenvalue weighted by Crippen LogP contribution is 2.34. The first-order valence-electron chi connectivity index (χ1n) is 6.49. The van der Waals surface area contributed by atoms with E-state index in [1.807, 2.05) is 20.8 Å². The second kappa shape index (κ2) is 5.00. The van der Waals surface area contributed by atoms with Crippen LogP contribution in [0.3, 0.4) is 0 Å². The minimum atomic E-state index is -0.516. The van der Waals surface area contributed by atoms with Crippen molar-refractivity contribution >= 4 is 12.1 Å². The lowest BCUT2D eigenvalue weighted by molar-refractivity contribution is -0.146. The molecule has 6 nitrogen and oxygen atoms in total. The number of amides is 1. The molecule has 0 aliphatic carbocycles. The molecule has 6 heteroatoms. The number of ether oxygens (including phenoxy) is 3. The summed E-state index contributed by atoms with van der Waals surface area (Å²) >= 11 is 0. The molecule has 19 heavy (non-hydrogen) atoms. The molecule has 2 aliphatic heterocycles. The quantitative estimate of drug-likeness (QED) is 0.667. The number of fused-ring (bicyclic) bond motifs is 1. The zero-order chi connectivity index (χ0) is 14.2. The van der Waals surface area contributed by atoms with Gasteiger partial charge in [-0.2, -0.15) is 0 Å². The third-order valence-corrected chi connectivity index (χ3v) is 3.47. The molecule has 0 aromatic rings. The van der Waals surface area contributed by atoms with Crippen molar-refractivity contribution in [3.8, 4) is 0 Å². The summed E-state index contributed by atoms with van der Waals surface area (Å²) in [6.45, 7) is 6.83. The number of likely N-dealkylation sites (tertiary alicyclic amines) is 1. The van der Waals surface area contributed by atoms with Gasteiger partial charge in [0.05, 0.1) is 32.3 Å². The molecule has 0 spiro atoms. The summed E-state index contributed by atoms with van der Waals surface area (Å²) in [7, 11) is 1.37. The summed E-state index contributed by atoms with van der Waals surface area (Å²) in [5.41, 5.74) is -0.516. The van der Waals surface area contributed by atoms with Crippen molar-refractivity contribution in [2.75, 3.05) is 26.8 Å². The number of hydrogen-bond donors (Lipinski definition) is 0. The molecule has 0 aromatic heterocycles. The molecule has 2 saturated heterocycles. The van der Waals surface area contributed by atoms with Crippen molar-refractivity contribution in [3.63, 3.8) is 0 Å². The molecule has 2 heterocycles. The Morgan fingerprint density at radius 3 is 2.53 bits per heavy atom. The van der Waals surface area contributed by atoms with Gasteiger partial charge in [-0.25, -0.2) is 4.79 Å². The molecule has 0 N–H and O–H groups in total. The van der Waals surface area contributed by atoms with Crippen LogP contribution in [0.5, 0.6) is 0 Å². The monoisotopic (exact) mass is 271 g/mol. The number of methoxy groups -OCH3 is 1. The van der Waals surface area contributed by atoms with E-state index < -0.39 is 5.60 Å². The zero-order valence-corrected chi connectivity index (χ0v) is 11.8. The summed E-state index contributed by atoms with van der Waals surface area (Å²) in [6, 6.07) is 0. The van der Waals surface area contributed by atoms with Gasteiger partial charge in [-0.1, -0.05) is 0 Å². The van der Waals surface area contributed by atoms with Gasteiger partial charge in [-0.05, 0) is 20.8 Å². The number of esters is 1. The Kier molecular flexibility index (Phi) is 3.71. The van der Waals surface area contributed by atoms with Crippen LogP contribution in [0.15, 0.2) is 0 Å². The normalized spacial score (nSPS) is 30.1. The molecule has 2 fully saturated rings. The first kappa shape index (κ1) is 14.1. The number of hydrogen-bond acceptors (Lipinski definition) is 5. The zero-order valence-electron chi connectivity index (χ0n) is 11.8. The first-order valence-corrected chi connectivity index (χ1v) is 6.49. The standard InChI is InChI=1S/C13H21NO5/c1-13(2,3)19-12(16)14-5-8-9(11(15)17-4)7-18-10(8)6-14/h8-10H,5-7H2,1-4H3/t8-,9-,10-/m1/s1. The molecule has 0 unspecified atom stereocenters. The Morgan fingerprint density at radius 2 is 1.95 bits per heavy atom. The SMILES string of the molecule is COC(=O)[C@@H]1CO[C@@H]2CN(C(=O)OC(C)(C)C)C[C@@H]21. The number of nitrogens with zero attached hydrogens (tertiary/aromatic N) is 1. The van der Waals surface area contributed by atoms with Gasteiger partial charge in [-0.3, -0.25) is 4.79 Å². The summed E-state index contributed by atoms with van der Waals surface area (Å²) < 4.78 is 15.7. The van der Waals surface area contributed by atoms with Crippen molar-refractivity contribution in [3.05, 3.63) is 0 Å². The van der Waals surface area contributed by atoms with E-state index in [-0.39, 0.29) is 30.0 Å². The fourth-order valence-electron chi connectivity index (χ4n) is 2.58. The molecule has 0 saturated carbocycles. The number of carbonyl (C=O) groups is 2. The van der Waals surface area contributed by atoms with Gasteiger partial charge in [0.25, 0.3) is 0 Å². The lowest BCUT2D eigenvalue weighted by Crippen LogP contribution is -2.37. The van der Waals surface area contributed by atoms with Crippen molar-refractivity contribution in [1.29, 1.82) is 0 Å². The van der Waals surface area contributed by atoms with Crippen LogP contribution in [0, 0.1) is 11.8 Å². The van der Waals surface area contributed by atoms with Gasteiger partial charge in [0.1, 0.15) is 5.60 Å². The average Bonchev–Trinajstić information content (AvgIpc) is 2.84. The molecule has 2 rings (SSSR count).